The van der Waals surface area contributed by atoms with Crippen LogP contribution < -0.4 is 88.7 Å². The predicted molar refractivity (Wildman–Crippen MR) is 105 cm³/mol. The summed E-state index contributed by atoms with van der Waals surface area (Å²) in [6.07, 6.45) is 11.9. The zero-order chi connectivity index (χ0) is 22.0. The van der Waals surface area contributed by atoms with Gasteiger partial charge >= 0.3 is 99.1 Å². The molecule has 168 valence electrons. The summed E-state index contributed by atoms with van der Waals surface area (Å²) in [7, 11) is -12.7. The standard InChI is InChI=1S/C12H26O4S.3Na.2H2O3S2/c1-2-3-4-5-6-7-8-9-10-11-12-16-17(13,14)15;;;;2*1-5(2,3)4/h2-12H2,1H3,(H,13,14,15);;;;2*(H2,1,2,3,4)/q;3*+1;;/p-3. The van der Waals surface area contributed by atoms with Gasteiger partial charge in [-0.25, -0.2) is 8.39 Å². The average molecular weight is 561 g/mol. The Kier molecular flexibility index (Phi) is 44.7. The molecule has 0 rings (SSSR count). The Balaban J connectivity index is -0.0000000930. The van der Waals surface area contributed by atoms with E-state index in [9.17, 15) is 8.42 Å². The molecule has 30 heavy (non-hydrogen) atoms. The van der Waals surface area contributed by atoms with Gasteiger partial charge in [-0.05, 0) is 28.8 Å². The maximum absolute atomic E-state index is 10.2. The third-order valence-electron chi connectivity index (χ3n) is 2.73. The molecule has 0 amide bonds. The largest absolute Gasteiger partial charge is 1.00 e. The van der Waals surface area contributed by atoms with Crippen LogP contribution in [0.2, 0.25) is 0 Å². The van der Waals surface area contributed by atoms with E-state index in [0.717, 1.165) is 12.8 Å². The molecular formula is C12H27Na3O10S5. The van der Waals surface area contributed by atoms with Crippen molar-refractivity contribution in [3.8, 4) is 0 Å². The number of rotatable bonds is 12. The van der Waals surface area contributed by atoms with Gasteiger partial charge in [-0.3, -0.25) is 8.76 Å². The van der Waals surface area contributed by atoms with Crippen molar-refractivity contribution in [2.24, 2.45) is 0 Å². The molecule has 0 aliphatic carbocycles. The van der Waals surface area contributed by atoms with Crippen molar-refractivity contribution in [1.82, 2.24) is 0 Å². The van der Waals surface area contributed by atoms with Crippen molar-refractivity contribution in [2.45, 2.75) is 71.1 Å². The van der Waals surface area contributed by atoms with Gasteiger partial charge in [-0.2, -0.15) is 8.42 Å². The zero-order valence-corrected chi connectivity index (χ0v) is 28.1. The Hall–Kier alpha value is 3.45. The minimum absolute atomic E-state index is 0. The first-order chi connectivity index (χ1) is 12.1. The third kappa shape index (κ3) is 95.8. The molecule has 0 fully saturated rings. The molecular weight excluding hydrogens is 533 g/mol. The molecule has 0 saturated heterocycles. The van der Waals surface area contributed by atoms with Gasteiger partial charge in [-0.15, -0.1) is 9.05 Å². The normalized spacial score (nSPS) is 12.2. The Morgan fingerprint density at radius 3 is 1.17 bits per heavy atom. The molecule has 0 aromatic carbocycles. The van der Waals surface area contributed by atoms with E-state index in [4.69, 9.17) is 31.2 Å². The molecule has 2 N–H and O–H groups in total. The molecule has 1 atom stereocenters. The van der Waals surface area contributed by atoms with E-state index in [1.165, 1.54) is 44.9 Å². The van der Waals surface area contributed by atoms with Crippen LogP contribution in [0.5, 0.6) is 0 Å². The van der Waals surface area contributed by atoms with E-state index < -0.39 is 28.5 Å². The summed E-state index contributed by atoms with van der Waals surface area (Å²) in [5.74, 6) is 0. The zero-order valence-electron chi connectivity index (χ0n) is 18.0. The summed E-state index contributed by atoms with van der Waals surface area (Å²) in [4.78, 5) is 0. The molecule has 0 spiro atoms. The molecule has 0 aromatic rings. The number of hydrogen-bond acceptors (Lipinski definition) is 10. The van der Waals surface area contributed by atoms with Crippen LogP contribution in [0.4, 0.5) is 0 Å². The topological polar surface area (TPSA) is 187 Å². The van der Waals surface area contributed by atoms with Crippen molar-refractivity contribution in [3.05, 3.63) is 0 Å². The van der Waals surface area contributed by atoms with Crippen LogP contribution in [0.15, 0.2) is 0 Å². The fraction of sp³-hybridized carbons (Fsp3) is 1.00. The fourth-order valence-corrected chi connectivity index (χ4v) is 2.08. The predicted octanol–water partition coefficient (Wildman–Crippen LogP) is -6.93. The van der Waals surface area contributed by atoms with E-state index in [2.05, 4.69) is 33.5 Å². The summed E-state index contributed by atoms with van der Waals surface area (Å²) < 4.78 is 85.0. The van der Waals surface area contributed by atoms with Gasteiger partial charge in [-0.1, -0.05) is 64.7 Å². The molecule has 0 saturated carbocycles. The Morgan fingerprint density at radius 1 is 0.700 bits per heavy atom. The van der Waals surface area contributed by atoms with Gasteiger partial charge in [0, 0.05) is 0 Å². The van der Waals surface area contributed by atoms with Gasteiger partial charge < -0.3 is 18.2 Å². The van der Waals surface area contributed by atoms with Crippen LogP contribution in [-0.4, -0.2) is 46.2 Å². The monoisotopic (exact) mass is 560 g/mol. The van der Waals surface area contributed by atoms with Crippen LogP contribution in [0.1, 0.15) is 71.1 Å². The van der Waals surface area contributed by atoms with Crippen LogP contribution in [0.25, 0.3) is 0 Å². The minimum Gasteiger partial charge on any atom is -0.780 e. The molecule has 10 nitrogen and oxygen atoms in total. The van der Waals surface area contributed by atoms with Gasteiger partial charge in [0.2, 0.25) is 0 Å². The molecule has 1 unspecified atom stereocenters. The fourth-order valence-electron chi connectivity index (χ4n) is 1.75. The smallest absolute Gasteiger partial charge is 0.780 e. The van der Waals surface area contributed by atoms with Crippen LogP contribution >= 0.6 is 0 Å². The molecule has 0 aliphatic heterocycles. The van der Waals surface area contributed by atoms with Crippen molar-refractivity contribution < 1.29 is 132 Å². The summed E-state index contributed by atoms with van der Waals surface area (Å²) >= 11 is 6.60. The first-order valence-corrected chi connectivity index (χ1v) is 14.1. The van der Waals surface area contributed by atoms with Crippen molar-refractivity contribution in [2.75, 3.05) is 6.61 Å². The summed E-state index contributed by atoms with van der Waals surface area (Å²) in [6, 6.07) is 0. The van der Waals surface area contributed by atoms with E-state index in [-0.39, 0.29) is 95.3 Å². The Morgan fingerprint density at radius 2 is 0.933 bits per heavy atom. The van der Waals surface area contributed by atoms with Gasteiger partial charge in [0.05, 0.1) is 15.7 Å². The van der Waals surface area contributed by atoms with Crippen LogP contribution in [0.3, 0.4) is 0 Å². The van der Waals surface area contributed by atoms with Crippen LogP contribution in [-0.2, 0) is 55.1 Å². The van der Waals surface area contributed by atoms with E-state index in [1.54, 1.807) is 0 Å². The maximum atomic E-state index is 10.2. The van der Waals surface area contributed by atoms with Crippen molar-refractivity contribution >= 4 is 50.9 Å². The van der Waals surface area contributed by atoms with E-state index in [0.29, 0.717) is 6.42 Å². The van der Waals surface area contributed by atoms with Gasteiger partial charge in [0.1, 0.15) is 0 Å². The second-order valence-electron chi connectivity index (χ2n) is 5.27. The van der Waals surface area contributed by atoms with Gasteiger partial charge in [0.15, 0.2) is 0 Å². The van der Waals surface area contributed by atoms with Crippen molar-refractivity contribution in [1.29, 1.82) is 0 Å². The summed E-state index contributed by atoms with van der Waals surface area (Å²) in [6.45, 7) is 2.31. The second kappa shape index (κ2) is 28.7. The van der Waals surface area contributed by atoms with E-state index >= 15 is 0 Å². The average Bonchev–Trinajstić information content (AvgIpc) is 2.40. The first-order valence-electron chi connectivity index (χ1n) is 8.03. The Bertz CT molecular complexity index is 596. The number of unbranched alkanes of at least 4 members (excludes halogenated alkanes) is 9. The molecule has 0 aromatic heterocycles. The summed E-state index contributed by atoms with van der Waals surface area (Å²) in [5.41, 5.74) is 0. The molecule has 0 heterocycles. The minimum atomic E-state index is -4.33. The van der Waals surface area contributed by atoms with Crippen molar-refractivity contribution in [3.63, 3.8) is 0 Å². The molecule has 0 bridgehead atoms. The van der Waals surface area contributed by atoms with Gasteiger partial charge in [0.25, 0.3) is 0 Å². The quantitative estimate of drug-likeness (QED) is 0.131. The Labute approximate surface area is 257 Å². The second-order valence-corrected chi connectivity index (χ2v) is 10.5. The summed E-state index contributed by atoms with van der Waals surface area (Å²) in [5, 5.41) is 0. The van der Waals surface area contributed by atoms with E-state index in [1.807, 2.05) is 0 Å². The maximum Gasteiger partial charge on any atom is 1.00 e. The number of hydrogen-bond donors (Lipinski definition) is 2. The van der Waals surface area contributed by atoms with Crippen LogP contribution in [0, 0.1) is 0 Å². The third-order valence-corrected chi connectivity index (χ3v) is 3.19. The molecule has 18 heteroatoms. The SMILES string of the molecule is CCCCCCCCCCCCOS(=O)(=O)O.O=S([O-])(O)=S.O=S([O-])([O-])=S.[Na+].[Na+].[Na+]. The first kappa shape index (κ1) is 46.7. The molecule has 0 aliphatic rings. The molecule has 0 radical (unpaired) electrons.